The number of rotatable bonds is 8. The van der Waals surface area contributed by atoms with Crippen molar-refractivity contribution >= 4 is 49.7 Å². The third kappa shape index (κ3) is 4.15. The van der Waals surface area contributed by atoms with Crippen molar-refractivity contribution < 1.29 is 28.5 Å². The van der Waals surface area contributed by atoms with E-state index in [0.717, 1.165) is 10.8 Å². The van der Waals surface area contributed by atoms with Crippen LogP contribution < -0.4 is 34.6 Å². The van der Waals surface area contributed by atoms with Crippen LogP contribution in [-0.4, -0.2) is 49.8 Å². The van der Waals surface area contributed by atoms with Gasteiger partial charge in [0.05, 0.1) is 50.4 Å². The van der Waals surface area contributed by atoms with E-state index in [1.54, 1.807) is 62.1 Å². The highest BCUT2D eigenvalue weighted by Crippen LogP contribution is 2.39. The second-order valence-corrected chi connectivity index (χ2v) is 9.45. The number of nitrogens with zero attached hydrogens (tertiary/aromatic N) is 2. The average molecular weight is 554 g/mol. The zero-order valence-electron chi connectivity index (χ0n) is 23.1. The first-order valence-electron chi connectivity index (χ1n) is 12.8. The molecule has 1 N–H and O–H groups in total. The van der Waals surface area contributed by atoms with Gasteiger partial charge in [-0.15, -0.1) is 0 Å². The van der Waals surface area contributed by atoms with Crippen LogP contribution in [0.5, 0.6) is 28.7 Å². The Balaban J connectivity index is 1.41. The third-order valence-corrected chi connectivity index (χ3v) is 7.17. The Bertz CT molecular complexity index is 2000. The summed E-state index contributed by atoms with van der Waals surface area (Å²) in [5, 5.41) is 5.52. The van der Waals surface area contributed by atoms with Crippen LogP contribution in [0, 0.1) is 0 Å². The fourth-order valence-electron chi connectivity index (χ4n) is 5.25. The Morgan fingerprint density at radius 2 is 1.59 bits per heavy atom. The summed E-state index contributed by atoms with van der Waals surface area (Å²) in [4.78, 5) is 31.5. The van der Waals surface area contributed by atoms with Gasteiger partial charge in [-0.3, -0.25) is 19.0 Å². The van der Waals surface area contributed by atoms with Gasteiger partial charge in [0.15, 0.2) is 17.6 Å². The number of amides is 1. The van der Waals surface area contributed by atoms with Gasteiger partial charge < -0.3 is 29.0 Å². The minimum Gasteiger partial charge on any atom is -0.497 e. The van der Waals surface area contributed by atoms with Crippen molar-refractivity contribution in [1.82, 2.24) is 9.38 Å². The number of nitrogens with one attached hydrogen (secondary N) is 1. The van der Waals surface area contributed by atoms with E-state index < -0.39 is 6.10 Å². The van der Waals surface area contributed by atoms with Gasteiger partial charge in [-0.1, -0.05) is 0 Å². The van der Waals surface area contributed by atoms with E-state index in [-0.39, 0.29) is 11.5 Å². The molecule has 208 valence electrons. The SMILES string of the molecule is COc1cc(NC(=O)[C@@H](C)Oc2ccc3c(c2)c2ccnc4c5ccc(OC)c(OC)c5c(=O)n3c24)cc(OC)c1. The summed E-state index contributed by atoms with van der Waals surface area (Å²) in [7, 11) is 6.12. The van der Waals surface area contributed by atoms with E-state index in [1.807, 2.05) is 24.3 Å². The number of anilines is 1. The molecule has 10 nitrogen and oxygen atoms in total. The van der Waals surface area contributed by atoms with Crippen LogP contribution >= 0.6 is 0 Å². The van der Waals surface area contributed by atoms with Gasteiger partial charge in [0.2, 0.25) is 0 Å². The minimum absolute atomic E-state index is 0.244. The number of hydrogen-bond donors (Lipinski definition) is 1. The zero-order chi connectivity index (χ0) is 28.8. The number of carbonyl (C=O) groups excluding carboxylic acids is 1. The van der Waals surface area contributed by atoms with Gasteiger partial charge in [0, 0.05) is 46.2 Å². The van der Waals surface area contributed by atoms with Crippen molar-refractivity contribution in [2.75, 3.05) is 33.8 Å². The van der Waals surface area contributed by atoms with E-state index in [0.29, 0.717) is 61.8 Å². The second kappa shape index (κ2) is 10.1. The topological polar surface area (TPSA) is 110 Å². The van der Waals surface area contributed by atoms with Crippen LogP contribution in [-0.2, 0) is 4.79 Å². The fourth-order valence-corrected chi connectivity index (χ4v) is 5.25. The number of fused-ring (bicyclic) bond motifs is 5. The Morgan fingerprint density at radius 3 is 2.27 bits per heavy atom. The molecule has 0 bridgehead atoms. The van der Waals surface area contributed by atoms with Gasteiger partial charge in [-0.2, -0.15) is 0 Å². The van der Waals surface area contributed by atoms with Gasteiger partial charge in [-0.25, -0.2) is 0 Å². The third-order valence-electron chi connectivity index (χ3n) is 7.17. The number of pyridine rings is 2. The van der Waals surface area contributed by atoms with E-state index >= 15 is 0 Å². The summed E-state index contributed by atoms with van der Waals surface area (Å²) < 4.78 is 29.3. The molecule has 0 unspecified atom stereocenters. The van der Waals surface area contributed by atoms with E-state index in [9.17, 15) is 9.59 Å². The van der Waals surface area contributed by atoms with Crippen LogP contribution in [0.2, 0.25) is 0 Å². The summed E-state index contributed by atoms with van der Waals surface area (Å²) in [5.74, 6) is 2.04. The van der Waals surface area contributed by atoms with Gasteiger partial charge >= 0.3 is 0 Å². The van der Waals surface area contributed by atoms with Crippen molar-refractivity contribution in [3.8, 4) is 28.7 Å². The maximum atomic E-state index is 13.9. The Hall–Kier alpha value is -5.25. The molecule has 1 atom stereocenters. The largest absolute Gasteiger partial charge is 0.497 e. The lowest BCUT2D eigenvalue weighted by molar-refractivity contribution is -0.122. The molecule has 0 radical (unpaired) electrons. The predicted octanol–water partition coefficient (Wildman–Crippen LogP) is 5.03. The van der Waals surface area contributed by atoms with E-state index in [2.05, 4.69) is 10.3 Å². The van der Waals surface area contributed by atoms with E-state index in [1.165, 1.54) is 14.2 Å². The molecule has 0 spiro atoms. The maximum Gasteiger partial charge on any atom is 0.267 e. The predicted molar refractivity (Wildman–Crippen MR) is 157 cm³/mol. The molecule has 1 amide bonds. The highest BCUT2D eigenvalue weighted by atomic mass is 16.5. The molecule has 10 heteroatoms. The van der Waals surface area contributed by atoms with Crippen LogP contribution in [0.15, 0.2) is 65.6 Å². The van der Waals surface area contributed by atoms with Crippen LogP contribution in [0.4, 0.5) is 5.69 Å². The second-order valence-electron chi connectivity index (χ2n) is 9.45. The Labute approximate surface area is 234 Å². The number of hydrogen-bond acceptors (Lipinski definition) is 8. The standard InChI is InChI=1S/C31H27N3O7/c1-16(30(35)33-17-12-19(37-2)14-20(13-17)38-3)41-18-6-8-24-23(15-18)21-10-11-32-27-22-7-9-25(39-4)29(40-5)26(22)31(36)34(24)28(21)27/h6-16H,1-5H3,(H,33,35)/t16-/m1/s1. The molecule has 6 aromatic rings. The molecule has 0 aliphatic rings. The average Bonchev–Trinajstić information content (AvgIpc) is 3.33. The van der Waals surface area contributed by atoms with Crippen molar-refractivity contribution in [3.63, 3.8) is 0 Å². The summed E-state index contributed by atoms with van der Waals surface area (Å²) in [6.45, 7) is 1.66. The first kappa shape index (κ1) is 26.0. The zero-order valence-corrected chi connectivity index (χ0v) is 23.1. The number of aromatic nitrogens is 2. The molecule has 41 heavy (non-hydrogen) atoms. The highest BCUT2D eigenvalue weighted by molar-refractivity contribution is 6.19. The molecule has 0 aliphatic carbocycles. The molecule has 3 aromatic heterocycles. The van der Waals surface area contributed by atoms with Crippen LogP contribution in [0.3, 0.4) is 0 Å². The maximum absolute atomic E-state index is 13.9. The summed E-state index contributed by atoms with van der Waals surface area (Å²) in [6, 6.07) is 15.9. The molecule has 3 aromatic carbocycles. The molecule has 6 rings (SSSR count). The van der Waals surface area contributed by atoms with Crippen molar-refractivity contribution in [1.29, 1.82) is 0 Å². The monoisotopic (exact) mass is 553 g/mol. The first-order chi connectivity index (χ1) is 19.9. The van der Waals surface area contributed by atoms with Gasteiger partial charge in [0.1, 0.15) is 17.2 Å². The smallest absolute Gasteiger partial charge is 0.267 e. The molecule has 3 heterocycles. The lowest BCUT2D eigenvalue weighted by atomic mass is 10.1. The minimum atomic E-state index is -0.825. The summed E-state index contributed by atoms with van der Waals surface area (Å²) >= 11 is 0. The Kier molecular flexibility index (Phi) is 6.37. The van der Waals surface area contributed by atoms with Crippen molar-refractivity contribution in [2.45, 2.75) is 13.0 Å². The molecular weight excluding hydrogens is 526 g/mol. The summed E-state index contributed by atoms with van der Waals surface area (Å²) in [6.07, 6.45) is 0.887. The normalized spacial score (nSPS) is 12.1. The quantitative estimate of drug-likeness (QED) is 0.261. The summed E-state index contributed by atoms with van der Waals surface area (Å²) in [5.41, 5.74) is 2.32. The molecule has 0 saturated carbocycles. The first-order valence-corrected chi connectivity index (χ1v) is 12.8. The number of benzene rings is 3. The fraction of sp³-hybridized carbons (Fsp3) is 0.194. The molecular formula is C31H27N3O7. The number of carbonyl (C=O) groups is 1. The van der Waals surface area contributed by atoms with E-state index in [4.69, 9.17) is 23.7 Å². The van der Waals surface area contributed by atoms with Crippen molar-refractivity contribution in [3.05, 3.63) is 71.1 Å². The Morgan fingerprint density at radius 1 is 0.829 bits per heavy atom. The molecule has 0 aliphatic heterocycles. The van der Waals surface area contributed by atoms with Gasteiger partial charge in [0.25, 0.3) is 11.5 Å². The lowest BCUT2D eigenvalue weighted by Gasteiger charge is -2.16. The number of ether oxygens (including phenoxy) is 5. The van der Waals surface area contributed by atoms with Crippen molar-refractivity contribution in [2.24, 2.45) is 0 Å². The molecule has 0 fully saturated rings. The van der Waals surface area contributed by atoms with Gasteiger partial charge in [-0.05, 0) is 43.3 Å². The lowest BCUT2D eigenvalue weighted by Crippen LogP contribution is -2.30. The van der Waals surface area contributed by atoms with Crippen LogP contribution in [0.1, 0.15) is 6.92 Å². The highest BCUT2D eigenvalue weighted by Gasteiger charge is 2.23. The number of methoxy groups -OCH3 is 4. The molecule has 0 saturated heterocycles. The van der Waals surface area contributed by atoms with Crippen LogP contribution in [0.25, 0.3) is 38.1 Å².